The summed E-state index contributed by atoms with van der Waals surface area (Å²) in [7, 11) is 0. The molecule has 0 unspecified atom stereocenters. The highest BCUT2D eigenvalue weighted by Crippen LogP contribution is 2.29. The molecule has 6 nitrogen and oxygen atoms in total. The van der Waals surface area contributed by atoms with Gasteiger partial charge in [-0.15, -0.1) is 0 Å². The predicted molar refractivity (Wildman–Crippen MR) is 93.3 cm³/mol. The zero-order valence-corrected chi connectivity index (χ0v) is 15.5. The molecule has 0 saturated carbocycles. The van der Waals surface area contributed by atoms with E-state index in [1.54, 1.807) is 32.9 Å². The number of aryl methyl sites for hydroxylation is 1. The molecule has 0 bridgehead atoms. The van der Waals surface area contributed by atoms with Gasteiger partial charge in [0.1, 0.15) is 11.4 Å². The van der Waals surface area contributed by atoms with Crippen LogP contribution in [-0.4, -0.2) is 28.0 Å². The van der Waals surface area contributed by atoms with Crippen molar-refractivity contribution >= 4 is 12.4 Å². The molecule has 1 aromatic heterocycles. The fourth-order valence-corrected chi connectivity index (χ4v) is 2.37. The van der Waals surface area contributed by atoms with Gasteiger partial charge in [-0.1, -0.05) is 6.07 Å². The number of carbonyl (C=O) groups is 2. The smallest absolute Gasteiger partial charge is 0.451 e. The van der Waals surface area contributed by atoms with Gasteiger partial charge in [0.15, 0.2) is 0 Å². The first-order valence-corrected chi connectivity index (χ1v) is 8.34. The summed E-state index contributed by atoms with van der Waals surface area (Å²) in [4.78, 5) is 29.3. The average Bonchev–Trinajstić information content (AvgIpc) is 2.59. The molecule has 1 aromatic carbocycles. The quantitative estimate of drug-likeness (QED) is 0.543. The Morgan fingerprint density at radius 3 is 2.29 bits per heavy atom. The summed E-state index contributed by atoms with van der Waals surface area (Å²) in [5.74, 6) is -1.41. The minimum atomic E-state index is -4.63. The van der Waals surface area contributed by atoms with Crippen LogP contribution in [0, 0.1) is 0 Å². The molecule has 9 heteroatoms. The van der Waals surface area contributed by atoms with Crippen molar-refractivity contribution in [2.75, 3.05) is 0 Å². The van der Waals surface area contributed by atoms with Gasteiger partial charge in [-0.2, -0.15) is 13.2 Å². The van der Waals surface area contributed by atoms with Crippen molar-refractivity contribution in [3.8, 4) is 16.9 Å². The molecular weight excluding hydrogens is 377 g/mol. The van der Waals surface area contributed by atoms with Crippen molar-refractivity contribution < 1.29 is 32.2 Å². The molecule has 0 atom stereocenters. The molecule has 0 amide bonds. The Morgan fingerprint density at radius 1 is 1.11 bits per heavy atom. The van der Waals surface area contributed by atoms with Gasteiger partial charge in [0, 0.05) is 24.4 Å². The maximum Gasteiger partial charge on any atom is 0.451 e. The van der Waals surface area contributed by atoms with Crippen LogP contribution in [0.3, 0.4) is 0 Å². The van der Waals surface area contributed by atoms with Gasteiger partial charge < -0.3 is 9.47 Å². The van der Waals surface area contributed by atoms with Gasteiger partial charge in [-0.3, -0.25) is 9.59 Å². The first-order chi connectivity index (χ1) is 13.0. The summed E-state index contributed by atoms with van der Waals surface area (Å²) >= 11 is 0. The Balaban J connectivity index is 2.24. The number of carbonyl (C=O) groups excluding carboxylic acids is 2. The first-order valence-electron chi connectivity index (χ1n) is 8.34. The third-order valence-corrected chi connectivity index (χ3v) is 3.49. The Labute approximate surface area is 159 Å². The van der Waals surface area contributed by atoms with E-state index < -0.39 is 23.6 Å². The lowest BCUT2D eigenvalue weighted by Gasteiger charge is -2.19. The molecule has 2 rings (SSSR count). The fraction of sp³-hybridized carbons (Fsp3) is 0.368. The van der Waals surface area contributed by atoms with Gasteiger partial charge in [-0.25, -0.2) is 9.97 Å². The maximum absolute atomic E-state index is 12.6. The lowest BCUT2D eigenvalue weighted by atomic mass is 10.0. The zero-order chi connectivity index (χ0) is 20.9. The Morgan fingerprint density at radius 2 is 1.75 bits per heavy atom. The normalized spacial score (nSPS) is 11.8. The highest BCUT2D eigenvalue weighted by molar-refractivity contribution is 5.71. The van der Waals surface area contributed by atoms with Crippen LogP contribution in [0.1, 0.15) is 38.6 Å². The van der Waals surface area contributed by atoms with Crippen molar-refractivity contribution in [2.45, 2.75) is 45.4 Å². The SMILES string of the molecule is CC(C)(C)OC(=O)CCc1cc(-c2cnc(C(F)(F)F)nc2)ccc1OC=O. The maximum atomic E-state index is 12.6. The number of rotatable bonds is 6. The second-order valence-electron chi connectivity index (χ2n) is 6.92. The van der Waals surface area contributed by atoms with Crippen molar-refractivity contribution in [2.24, 2.45) is 0 Å². The van der Waals surface area contributed by atoms with Gasteiger partial charge >= 0.3 is 12.1 Å². The molecule has 150 valence electrons. The average molecular weight is 396 g/mol. The van der Waals surface area contributed by atoms with Gasteiger partial charge in [-0.05, 0) is 50.5 Å². The second kappa shape index (κ2) is 8.37. The van der Waals surface area contributed by atoms with E-state index in [0.717, 1.165) is 12.4 Å². The van der Waals surface area contributed by atoms with E-state index in [2.05, 4.69) is 9.97 Å². The van der Waals surface area contributed by atoms with Crippen molar-refractivity contribution in [3.63, 3.8) is 0 Å². The molecule has 0 aliphatic heterocycles. The highest BCUT2D eigenvalue weighted by Gasteiger charge is 2.34. The van der Waals surface area contributed by atoms with E-state index >= 15 is 0 Å². The summed E-state index contributed by atoms with van der Waals surface area (Å²) in [6, 6.07) is 4.66. The Bertz CT molecular complexity index is 844. The predicted octanol–water partition coefficient (Wildman–Crippen LogP) is 3.97. The van der Waals surface area contributed by atoms with Crippen LogP contribution in [0.2, 0.25) is 0 Å². The second-order valence-corrected chi connectivity index (χ2v) is 6.92. The van der Waals surface area contributed by atoms with Crippen LogP contribution in [0.5, 0.6) is 5.75 Å². The molecule has 0 N–H and O–H groups in total. The lowest BCUT2D eigenvalue weighted by molar-refractivity contribution is -0.154. The summed E-state index contributed by atoms with van der Waals surface area (Å²) in [5, 5.41) is 0. The summed E-state index contributed by atoms with van der Waals surface area (Å²) in [5.41, 5.74) is 0.768. The number of halogens is 3. The number of nitrogens with zero attached hydrogens (tertiary/aromatic N) is 2. The standard InChI is InChI=1S/C19H19F3N2O4/c1-18(2,3)28-16(26)7-5-13-8-12(4-6-15(13)27-11-25)14-9-23-17(24-10-14)19(20,21)22/h4,6,8-11H,5,7H2,1-3H3. The number of hydrogen-bond donors (Lipinski definition) is 0. The fourth-order valence-electron chi connectivity index (χ4n) is 2.37. The first kappa shape index (κ1) is 21.3. The number of ether oxygens (including phenoxy) is 2. The van der Waals surface area contributed by atoms with Crippen LogP contribution < -0.4 is 4.74 Å². The minimum Gasteiger partial charge on any atom is -0.460 e. The van der Waals surface area contributed by atoms with Gasteiger partial charge in [0.25, 0.3) is 6.47 Å². The van der Waals surface area contributed by atoms with Crippen molar-refractivity contribution in [1.82, 2.24) is 9.97 Å². The van der Waals surface area contributed by atoms with E-state index in [4.69, 9.17) is 9.47 Å². The topological polar surface area (TPSA) is 78.4 Å². The molecular formula is C19H19F3N2O4. The molecule has 28 heavy (non-hydrogen) atoms. The lowest BCUT2D eigenvalue weighted by Crippen LogP contribution is -2.24. The van der Waals surface area contributed by atoms with E-state index in [-0.39, 0.29) is 25.1 Å². The molecule has 0 radical (unpaired) electrons. The number of alkyl halides is 3. The number of benzene rings is 1. The number of aromatic nitrogens is 2. The zero-order valence-electron chi connectivity index (χ0n) is 15.5. The van der Waals surface area contributed by atoms with Crippen LogP contribution in [-0.2, 0) is 26.9 Å². The summed E-state index contributed by atoms with van der Waals surface area (Å²) < 4.78 is 48.0. The largest absolute Gasteiger partial charge is 0.460 e. The molecule has 1 heterocycles. The van der Waals surface area contributed by atoms with Crippen LogP contribution >= 0.6 is 0 Å². The van der Waals surface area contributed by atoms with Crippen LogP contribution in [0.25, 0.3) is 11.1 Å². The van der Waals surface area contributed by atoms with E-state index in [1.807, 2.05) is 0 Å². The molecule has 0 saturated heterocycles. The van der Waals surface area contributed by atoms with Crippen LogP contribution in [0.4, 0.5) is 13.2 Å². The van der Waals surface area contributed by atoms with Gasteiger partial charge in [0.2, 0.25) is 5.82 Å². The van der Waals surface area contributed by atoms with Crippen molar-refractivity contribution in [1.29, 1.82) is 0 Å². The molecule has 0 aliphatic carbocycles. The molecule has 0 aliphatic rings. The molecule has 0 fully saturated rings. The summed E-state index contributed by atoms with van der Waals surface area (Å²) in [6.07, 6.45) is -2.25. The molecule has 2 aromatic rings. The van der Waals surface area contributed by atoms with E-state index in [9.17, 15) is 22.8 Å². The Kier molecular flexibility index (Phi) is 6.37. The third-order valence-electron chi connectivity index (χ3n) is 3.49. The Hall–Kier alpha value is -2.97. The van der Waals surface area contributed by atoms with Crippen LogP contribution in [0.15, 0.2) is 30.6 Å². The monoisotopic (exact) mass is 396 g/mol. The van der Waals surface area contributed by atoms with Gasteiger partial charge in [0.05, 0.1) is 0 Å². The molecule has 0 spiro atoms. The summed E-state index contributed by atoms with van der Waals surface area (Å²) in [6.45, 7) is 5.50. The third kappa shape index (κ3) is 6.04. The minimum absolute atomic E-state index is 0.0411. The van der Waals surface area contributed by atoms with E-state index in [0.29, 0.717) is 16.7 Å². The number of esters is 1. The highest BCUT2D eigenvalue weighted by atomic mass is 19.4. The van der Waals surface area contributed by atoms with Crippen molar-refractivity contribution in [3.05, 3.63) is 42.0 Å². The van der Waals surface area contributed by atoms with E-state index in [1.165, 1.54) is 6.07 Å². The number of hydrogen-bond acceptors (Lipinski definition) is 6.